The average Bonchev–Trinajstić information content (AvgIpc) is 2.70. The van der Waals surface area contributed by atoms with Crippen LogP contribution in [0.5, 0.6) is 0 Å². The van der Waals surface area contributed by atoms with Crippen molar-refractivity contribution in [3.63, 3.8) is 0 Å². The van der Waals surface area contributed by atoms with E-state index in [1.807, 2.05) is 6.92 Å². The van der Waals surface area contributed by atoms with E-state index in [1.165, 1.54) is 6.07 Å². The Morgan fingerprint density at radius 1 is 0.964 bits per heavy atom. The maximum absolute atomic E-state index is 14.8. The molecule has 1 heterocycles. The highest BCUT2D eigenvalue weighted by atomic mass is 19.2. The molecule has 2 unspecified atom stereocenters. The zero-order valence-electron chi connectivity index (χ0n) is 16.7. The van der Waals surface area contributed by atoms with Crippen LogP contribution in [0, 0.1) is 17.5 Å². The average molecular weight is 390 g/mol. The van der Waals surface area contributed by atoms with Crippen molar-refractivity contribution in [1.29, 1.82) is 0 Å². The molecule has 0 saturated carbocycles. The summed E-state index contributed by atoms with van der Waals surface area (Å²) in [6, 6.07) is 7.85. The lowest BCUT2D eigenvalue weighted by molar-refractivity contribution is -0.00172. The third-order valence-corrected chi connectivity index (χ3v) is 5.69. The highest BCUT2D eigenvalue weighted by Crippen LogP contribution is 2.34. The lowest BCUT2D eigenvalue weighted by Gasteiger charge is -2.29. The van der Waals surface area contributed by atoms with E-state index in [4.69, 9.17) is 4.74 Å². The molecule has 1 saturated heterocycles. The first-order chi connectivity index (χ1) is 13.5. The molecule has 0 aromatic heterocycles. The van der Waals surface area contributed by atoms with Crippen molar-refractivity contribution in [3.8, 4) is 11.1 Å². The van der Waals surface area contributed by atoms with Gasteiger partial charge in [0.1, 0.15) is 5.82 Å². The van der Waals surface area contributed by atoms with Gasteiger partial charge in [-0.1, -0.05) is 51.0 Å². The van der Waals surface area contributed by atoms with Crippen molar-refractivity contribution in [3.05, 3.63) is 58.9 Å². The number of unbranched alkanes of at least 4 members (excludes halogenated alkanes) is 1. The molecule has 0 radical (unpaired) electrons. The second kappa shape index (κ2) is 9.60. The van der Waals surface area contributed by atoms with Crippen LogP contribution in [-0.2, 0) is 11.2 Å². The van der Waals surface area contributed by atoms with Gasteiger partial charge in [0.05, 0.1) is 12.7 Å². The molecule has 1 aliphatic heterocycles. The van der Waals surface area contributed by atoms with E-state index in [0.29, 0.717) is 29.7 Å². The van der Waals surface area contributed by atoms with Crippen LogP contribution in [-0.4, -0.2) is 12.7 Å². The Hall–Kier alpha value is -1.81. The van der Waals surface area contributed by atoms with Crippen LogP contribution in [0.3, 0.4) is 0 Å². The van der Waals surface area contributed by atoms with Gasteiger partial charge in [-0.05, 0) is 54.9 Å². The number of aryl methyl sites for hydroxylation is 1. The highest BCUT2D eigenvalue weighted by molar-refractivity contribution is 5.65. The fraction of sp³-hybridized carbons (Fsp3) is 0.500. The van der Waals surface area contributed by atoms with E-state index in [-0.39, 0.29) is 23.4 Å². The summed E-state index contributed by atoms with van der Waals surface area (Å²) < 4.78 is 49.5. The van der Waals surface area contributed by atoms with Crippen molar-refractivity contribution < 1.29 is 17.9 Å². The molecule has 0 amide bonds. The van der Waals surface area contributed by atoms with Crippen LogP contribution in [0.25, 0.3) is 11.1 Å². The van der Waals surface area contributed by atoms with E-state index in [1.54, 1.807) is 24.3 Å². The minimum absolute atomic E-state index is 0.0140. The molecular formula is C24H29F3O. The third kappa shape index (κ3) is 4.60. The summed E-state index contributed by atoms with van der Waals surface area (Å²) in [5, 5.41) is 0. The molecule has 0 spiro atoms. The van der Waals surface area contributed by atoms with E-state index >= 15 is 0 Å². The van der Waals surface area contributed by atoms with Crippen molar-refractivity contribution >= 4 is 0 Å². The predicted molar refractivity (Wildman–Crippen MR) is 107 cm³/mol. The lowest BCUT2D eigenvalue weighted by atomic mass is 9.89. The Bertz CT molecular complexity index is 795. The van der Waals surface area contributed by atoms with Crippen LogP contribution >= 0.6 is 0 Å². The number of hydrogen-bond donors (Lipinski definition) is 0. The molecule has 4 heteroatoms. The van der Waals surface area contributed by atoms with Gasteiger partial charge < -0.3 is 4.74 Å². The first-order valence-electron chi connectivity index (χ1n) is 10.4. The fourth-order valence-corrected chi connectivity index (χ4v) is 4.00. The minimum Gasteiger partial charge on any atom is -0.378 e. The van der Waals surface area contributed by atoms with Gasteiger partial charge in [-0.25, -0.2) is 13.2 Å². The van der Waals surface area contributed by atoms with Gasteiger partial charge in [0.2, 0.25) is 0 Å². The van der Waals surface area contributed by atoms with Gasteiger partial charge in [-0.15, -0.1) is 0 Å². The summed E-state index contributed by atoms with van der Waals surface area (Å²) in [5.74, 6) is -2.09. The molecule has 2 atom stereocenters. The second-order valence-electron chi connectivity index (χ2n) is 7.76. The van der Waals surface area contributed by atoms with Crippen LogP contribution in [0.4, 0.5) is 13.2 Å². The fourth-order valence-electron chi connectivity index (χ4n) is 4.00. The van der Waals surface area contributed by atoms with Crippen molar-refractivity contribution in [2.75, 3.05) is 6.61 Å². The lowest BCUT2D eigenvalue weighted by Crippen LogP contribution is -2.25. The van der Waals surface area contributed by atoms with Gasteiger partial charge in [-0.2, -0.15) is 0 Å². The summed E-state index contributed by atoms with van der Waals surface area (Å²) in [6.07, 6.45) is 6.43. The summed E-state index contributed by atoms with van der Waals surface area (Å²) in [4.78, 5) is 0. The standard InChI is InChI=1S/C24H29F3O/c1-3-5-7-16-9-13-21(24(27)23(16)26)17-10-12-20(22(25)14-17)18-8-11-19(6-4-2)28-15-18/h9-10,12-14,18-19H,3-8,11,15H2,1-2H3. The Morgan fingerprint density at radius 3 is 2.43 bits per heavy atom. The summed E-state index contributed by atoms with van der Waals surface area (Å²) >= 11 is 0. The van der Waals surface area contributed by atoms with Crippen molar-refractivity contribution in [2.24, 2.45) is 0 Å². The number of benzene rings is 2. The van der Waals surface area contributed by atoms with Crippen LogP contribution in [0.1, 0.15) is 69.4 Å². The zero-order chi connectivity index (χ0) is 20.1. The zero-order valence-corrected chi connectivity index (χ0v) is 16.7. The molecule has 3 rings (SSSR count). The highest BCUT2D eigenvalue weighted by Gasteiger charge is 2.25. The topological polar surface area (TPSA) is 9.23 Å². The van der Waals surface area contributed by atoms with Gasteiger partial charge in [0, 0.05) is 11.5 Å². The molecule has 152 valence electrons. The van der Waals surface area contributed by atoms with Crippen molar-refractivity contribution in [2.45, 2.75) is 70.8 Å². The smallest absolute Gasteiger partial charge is 0.166 e. The normalized spacial score (nSPS) is 19.8. The molecule has 1 aliphatic rings. The maximum atomic E-state index is 14.8. The van der Waals surface area contributed by atoms with Crippen LogP contribution in [0.2, 0.25) is 0 Å². The Kier molecular flexibility index (Phi) is 7.17. The monoisotopic (exact) mass is 390 g/mol. The van der Waals surface area contributed by atoms with Crippen LogP contribution in [0.15, 0.2) is 30.3 Å². The Balaban J connectivity index is 1.78. The molecule has 1 fully saturated rings. The number of halogens is 3. The van der Waals surface area contributed by atoms with E-state index in [0.717, 1.165) is 38.5 Å². The first kappa shape index (κ1) is 20.9. The number of rotatable bonds is 7. The molecule has 0 aliphatic carbocycles. The van der Waals surface area contributed by atoms with E-state index < -0.39 is 11.6 Å². The Morgan fingerprint density at radius 2 is 1.79 bits per heavy atom. The van der Waals surface area contributed by atoms with E-state index in [2.05, 4.69) is 6.92 Å². The molecule has 2 aromatic carbocycles. The number of ether oxygens (including phenoxy) is 1. The van der Waals surface area contributed by atoms with E-state index in [9.17, 15) is 13.2 Å². The molecule has 28 heavy (non-hydrogen) atoms. The Labute approximate surface area is 165 Å². The van der Waals surface area contributed by atoms with Gasteiger partial charge >= 0.3 is 0 Å². The van der Waals surface area contributed by atoms with Crippen LogP contribution < -0.4 is 0 Å². The molecule has 2 aromatic rings. The summed E-state index contributed by atoms with van der Waals surface area (Å²) in [5.41, 5.74) is 1.44. The minimum atomic E-state index is -0.899. The molecular weight excluding hydrogens is 361 g/mol. The SMILES string of the molecule is CCCCc1ccc(-c2ccc(C3CCC(CCC)OC3)c(F)c2)c(F)c1F. The largest absolute Gasteiger partial charge is 0.378 e. The third-order valence-electron chi connectivity index (χ3n) is 5.69. The van der Waals surface area contributed by atoms with Gasteiger partial charge in [-0.3, -0.25) is 0 Å². The molecule has 0 bridgehead atoms. The van der Waals surface area contributed by atoms with Gasteiger partial charge in [0.15, 0.2) is 11.6 Å². The summed E-state index contributed by atoms with van der Waals surface area (Å²) in [7, 11) is 0. The first-order valence-corrected chi connectivity index (χ1v) is 10.4. The predicted octanol–water partition coefficient (Wildman–Crippen LogP) is 7.18. The molecule has 0 N–H and O–H groups in total. The van der Waals surface area contributed by atoms with Gasteiger partial charge in [0.25, 0.3) is 0 Å². The quantitative estimate of drug-likeness (QED) is 0.487. The van der Waals surface area contributed by atoms with Crippen molar-refractivity contribution in [1.82, 2.24) is 0 Å². The second-order valence-corrected chi connectivity index (χ2v) is 7.76. The summed E-state index contributed by atoms with van der Waals surface area (Å²) in [6.45, 7) is 4.65. The molecule has 1 nitrogen and oxygen atoms in total. The maximum Gasteiger partial charge on any atom is 0.166 e. The number of hydrogen-bond acceptors (Lipinski definition) is 1.